The van der Waals surface area contributed by atoms with E-state index in [4.69, 9.17) is 4.74 Å². The van der Waals surface area contributed by atoms with Gasteiger partial charge < -0.3 is 15.4 Å². The number of hydrogen-bond donors (Lipinski definition) is 2. The molecule has 0 spiro atoms. The van der Waals surface area contributed by atoms with Crippen molar-refractivity contribution in [2.45, 2.75) is 25.5 Å². The highest BCUT2D eigenvalue weighted by molar-refractivity contribution is 7.09. The molecule has 1 fully saturated rings. The van der Waals surface area contributed by atoms with Crippen LogP contribution in [0.2, 0.25) is 0 Å². The van der Waals surface area contributed by atoms with Gasteiger partial charge in [-0.15, -0.1) is 0 Å². The van der Waals surface area contributed by atoms with Gasteiger partial charge in [0.25, 0.3) is 0 Å². The molecule has 0 radical (unpaired) electrons. The van der Waals surface area contributed by atoms with Gasteiger partial charge in [-0.3, -0.25) is 0 Å². The molecule has 84 valence electrons. The standard InChI is InChI=1S/C9H16N4OS/c1-3-8-12-9(15-13-8)11-6-4-10-5-7(6)14-2/h6-7,10H,3-5H2,1-2H3,(H,11,12,13)/t6?,7-/m0/s1. The largest absolute Gasteiger partial charge is 0.378 e. The van der Waals surface area contributed by atoms with E-state index in [1.165, 1.54) is 11.5 Å². The second kappa shape index (κ2) is 4.87. The highest BCUT2D eigenvalue weighted by Crippen LogP contribution is 2.16. The molecule has 2 atom stereocenters. The summed E-state index contributed by atoms with van der Waals surface area (Å²) in [4.78, 5) is 4.37. The second-order valence-electron chi connectivity index (χ2n) is 3.55. The summed E-state index contributed by atoms with van der Waals surface area (Å²) in [6.45, 7) is 3.87. The lowest BCUT2D eigenvalue weighted by molar-refractivity contribution is 0.111. The Morgan fingerprint density at radius 2 is 2.47 bits per heavy atom. The maximum Gasteiger partial charge on any atom is 0.202 e. The normalized spacial score (nSPS) is 25.7. The first-order chi connectivity index (χ1) is 7.33. The zero-order chi connectivity index (χ0) is 10.7. The maximum absolute atomic E-state index is 5.36. The third-order valence-electron chi connectivity index (χ3n) is 2.55. The molecular formula is C9H16N4OS. The lowest BCUT2D eigenvalue weighted by atomic mass is 10.2. The van der Waals surface area contributed by atoms with Crippen molar-refractivity contribution in [3.63, 3.8) is 0 Å². The first kappa shape index (κ1) is 10.8. The second-order valence-corrected chi connectivity index (χ2v) is 4.30. The first-order valence-electron chi connectivity index (χ1n) is 5.16. The van der Waals surface area contributed by atoms with E-state index in [1.54, 1.807) is 7.11 Å². The van der Waals surface area contributed by atoms with Crippen molar-refractivity contribution in [1.82, 2.24) is 14.7 Å². The van der Waals surface area contributed by atoms with Crippen molar-refractivity contribution in [2.75, 3.05) is 25.5 Å². The van der Waals surface area contributed by atoms with Gasteiger partial charge in [-0.1, -0.05) is 6.92 Å². The molecule has 1 aliphatic rings. The fourth-order valence-corrected chi connectivity index (χ4v) is 2.37. The van der Waals surface area contributed by atoms with Crippen molar-refractivity contribution >= 4 is 16.7 Å². The first-order valence-corrected chi connectivity index (χ1v) is 5.93. The van der Waals surface area contributed by atoms with Crippen LogP contribution in [0.5, 0.6) is 0 Å². The van der Waals surface area contributed by atoms with Gasteiger partial charge in [0.15, 0.2) is 0 Å². The summed E-state index contributed by atoms with van der Waals surface area (Å²) < 4.78 is 9.59. The highest BCUT2D eigenvalue weighted by atomic mass is 32.1. The van der Waals surface area contributed by atoms with E-state index >= 15 is 0 Å². The van der Waals surface area contributed by atoms with Crippen LogP contribution in [-0.2, 0) is 11.2 Å². The van der Waals surface area contributed by atoms with Crippen LogP contribution in [0.4, 0.5) is 5.13 Å². The summed E-state index contributed by atoms with van der Waals surface area (Å²) in [7, 11) is 1.74. The average Bonchev–Trinajstić information content (AvgIpc) is 2.87. The molecule has 0 bridgehead atoms. The predicted molar refractivity (Wildman–Crippen MR) is 60.4 cm³/mol. The van der Waals surface area contributed by atoms with E-state index in [1.807, 2.05) is 0 Å². The van der Waals surface area contributed by atoms with E-state index in [2.05, 4.69) is 26.9 Å². The summed E-state index contributed by atoms with van der Waals surface area (Å²) >= 11 is 1.42. The molecule has 0 saturated carbocycles. The third kappa shape index (κ3) is 2.45. The molecule has 0 aromatic carbocycles. The molecule has 6 heteroatoms. The van der Waals surface area contributed by atoms with Gasteiger partial charge in [0, 0.05) is 38.2 Å². The van der Waals surface area contributed by atoms with E-state index in [9.17, 15) is 0 Å². The van der Waals surface area contributed by atoms with Crippen LogP contribution in [0.1, 0.15) is 12.7 Å². The van der Waals surface area contributed by atoms with Gasteiger partial charge in [-0.25, -0.2) is 4.98 Å². The van der Waals surface area contributed by atoms with Crippen LogP contribution >= 0.6 is 11.5 Å². The molecule has 0 amide bonds. The number of rotatable bonds is 4. The van der Waals surface area contributed by atoms with Crippen LogP contribution < -0.4 is 10.6 Å². The third-order valence-corrected chi connectivity index (χ3v) is 3.24. The Bertz CT molecular complexity index is 317. The summed E-state index contributed by atoms with van der Waals surface area (Å²) in [6.07, 6.45) is 1.11. The van der Waals surface area contributed by atoms with Crippen molar-refractivity contribution in [3.8, 4) is 0 Å². The summed E-state index contributed by atoms with van der Waals surface area (Å²) in [5, 5.41) is 7.53. The van der Waals surface area contributed by atoms with Crippen molar-refractivity contribution in [3.05, 3.63) is 5.82 Å². The number of methoxy groups -OCH3 is 1. The Morgan fingerprint density at radius 1 is 1.60 bits per heavy atom. The molecule has 1 aromatic heterocycles. The molecule has 1 aliphatic heterocycles. The van der Waals surface area contributed by atoms with Gasteiger partial charge in [0.1, 0.15) is 5.82 Å². The maximum atomic E-state index is 5.36. The van der Waals surface area contributed by atoms with Gasteiger partial charge in [0.2, 0.25) is 5.13 Å². The van der Waals surface area contributed by atoms with Crippen molar-refractivity contribution < 1.29 is 4.74 Å². The van der Waals surface area contributed by atoms with Crippen molar-refractivity contribution in [2.24, 2.45) is 0 Å². The Morgan fingerprint density at radius 3 is 3.13 bits per heavy atom. The van der Waals surface area contributed by atoms with Gasteiger partial charge in [-0.05, 0) is 0 Å². The predicted octanol–water partition coefficient (Wildman–Crippen LogP) is 0.499. The van der Waals surface area contributed by atoms with Crippen LogP contribution in [0, 0.1) is 0 Å². The van der Waals surface area contributed by atoms with Crippen LogP contribution in [0.3, 0.4) is 0 Å². The molecule has 2 N–H and O–H groups in total. The molecular weight excluding hydrogens is 212 g/mol. The number of anilines is 1. The number of nitrogens with zero attached hydrogens (tertiary/aromatic N) is 2. The Kier molecular flexibility index (Phi) is 3.50. The molecule has 1 unspecified atom stereocenters. The van der Waals surface area contributed by atoms with Crippen LogP contribution in [0.25, 0.3) is 0 Å². The van der Waals surface area contributed by atoms with Crippen LogP contribution in [-0.4, -0.2) is 41.7 Å². The molecule has 1 saturated heterocycles. The number of aromatic nitrogens is 2. The van der Waals surface area contributed by atoms with Gasteiger partial charge in [0.05, 0.1) is 12.1 Å². The smallest absolute Gasteiger partial charge is 0.202 e. The Hall–Kier alpha value is -0.720. The lowest BCUT2D eigenvalue weighted by Gasteiger charge is -2.17. The van der Waals surface area contributed by atoms with Crippen molar-refractivity contribution in [1.29, 1.82) is 0 Å². The molecule has 5 nitrogen and oxygen atoms in total. The number of hydrogen-bond acceptors (Lipinski definition) is 6. The molecule has 2 rings (SSSR count). The molecule has 2 heterocycles. The lowest BCUT2D eigenvalue weighted by Crippen LogP contribution is -2.33. The summed E-state index contributed by atoms with van der Waals surface area (Å²) in [6, 6.07) is 0.299. The number of nitrogens with one attached hydrogen (secondary N) is 2. The summed E-state index contributed by atoms with van der Waals surface area (Å²) in [5.41, 5.74) is 0. The van der Waals surface area contributed by atoms with E-state index in [-0.39, 0.29) is 6.10 Å². The number of ether oxygens (including phenoxy) is 1. The molecule has 0 aliphatic carbocycles. The van der Waals surface area contributed by atoms with Gasteiger partial charge >= 0.3 is 0 Å². The highest BCUT2D eigenvalue weighted by Gasteiger charge is 2.27. The Labute approximate surface area is 93.4 Å². The topological polar surface area (TPSA) is 59.1 Å². The fourth-order valence-electron chi connectivity index (χ4n) is 1.66. The minimum absolute atomic E-state index is 0.221. The average molecular weight is 228 g/mol. The fraction of sp³-hybridized carbons (Fsp3) is 0.778. The van der Waals surface area contributed by atoms with E-state index in [0.29, 0.717) is 6.04 Å². The number of aryl methyl sites for hydroxylation is 1. The molecule has 1 aromatic rings. The van der Waals surface area contributed by atoms with Crippen LogP contribution in [0.15, 0.2) is 0 Å². The minimum atomic E-state index is 0.221. The summed E-state index contributed by atoms with van der Waals surface area (Å²) in [5.74, 6) is 0.905. The van der Waals surface area contributed by atoms with E-state index < -0.39 is 0 Å². The van der Waals surface area contributed by atoms with E-state index in [0.717, 1.165) is 30.5 Å². The zero-order valence-corrected chi connectivity index (χ0v) is 9.80. The molecule has 15 heavy (non-hydrogen) atoms. The SMILES string of the molecule is CCc1nsc(NC2CNC[C@@H]2OC)n1. The zero-order valence-electron chi connectivity index (χ0n) is 8.99. The van der Waals surface area contributed by atoms with Gasteiger partial charge in [-0.2, -0.15) is 4.37 Å². The monoisotopic (exact) mass is 228 g/mol. The Balaban J connectivity index is 1.95. The quantitative estimate of drug-likeness (QED) is 0.786. The minimum Gasteiger partial charge on any atom is -0.378 e.